The molecule has 2 aromatic carbocycles. The molecule has 0 radical (unpaired) electrons. The van der Waals surface area contributed by atoms with Gasteiger partial charge in [0.05, 0.1) is 12.6 Å². The lowest BCUT2D eigenvalue weighted by Crippen LogP contribution is -2.32. The van der Waals surface area contributed by atoms with Crippen LogP contribution in [-0.4, -0.2) is 23.3 Å². The van der Waals surface area contributed by atoms with E-state index in [1.165, 1.54) is 16.8 Å². The second-order valence-corrected chi connectivity index (χ2v) is 5.94. The highest BCUT2D eigenvalue weighted by molar-refractivity contribution is 5.70. The van der Waals surface area contributed by atoms with E-state index in [4.69, 9.17) is 5.73 Å². The molecule has 0 spiro atoms. The molecule has 120 valence electrons. The molecule has 5 heteroatoms. The number of aryl methyl sites for hydroxylation is 1. The number of hydrogen-bond acceptors (Lipinski definition) is 3. The molecule has 0 fully saturated rings. The molecule has 0 saturated heterocycles. The van der Waals surface area contributed by atoms with Gasteiger partial charge in [-0.3, -0.25) is 5.21 Å². The van der Waals surface area contributed by atoms with Crippen molar-refractivity contribution in [3.63, 3.8) is 0 Å². The van der Waals surface area contributed by atoms with Crippen LogP contribution in [0.2, 0.25) is 0 Å². The molecule has 0 saturated carbocycles. The van der Waals surface area contributed by atoms with Crippen LogP contribution in [0, 0.1) is 0 Å². The Bertz CT molecular complexity index is 703. The maximum absolute atomic E-state index is 10.9. The van der Waals surface area contributed by atoms with Gasteiger partial charge in [0.2, 0.25) is 0 Å². The smallest absolute Gasteiger partial charge is 0.338 e. The number of primary amides is 1. The molecular weight excluding hydrogens is 290 g/mol. The van der Waals surface area contributed by atoms with Crippen LogP contribution in [0.4, 0.5) is 10.5 Å². The molecule has 2 aromatic rings. The Labute approximate surface area is 135 Å². The van der Waals surface area contributed by atoms with Crippen LogP contribution >= 0.6 is 0 Å². The minimum absolute atomic E-state index is 0.106. The highest BCUT2D eigenvalue weighted by Gasteiger charge is 2.24. The Hall–Kier alpha value is -2.53. The monoisotopic (exact) mass is 311 g/mol. The summed E-state index contributed by atoms with van der Waals surface area (Å²) in [5, 5.41) is 10.0. The van der Waals surface area contributed by atoms with Gasteiger partial charge in [0.25, 0.3) is 0 Å². The quantitative estimate of drug-likeness (QED) is 0.676. The maximum Gasteiger partial charge on any atom is 0.338 e. The third-order valence-corrected chi connectivity index (χ3v) is 4.45. The van der Waals surface area contributed by atoms with Gasteiger partial charge in [0.1, 0.15) is 0 Å². The molecule has 1 atom stereocenters. The van der Waals surface area contributed by atoms with E-state index < -0.39 is 6.03 Å². The van der Waals surface area contributed by atoms with Crippen molar-refractivity contribution in [2.45, 2.75) is 25.4 Å². The predicted octanol–water partition coefficient (Wildman–Crippen LogP) is 3.08. The zero-order valence-electron chi connectivity index (χ0n) is 13.1. The molecule has 5 nitrogen and oxygen atoms in total. The number of nitrogens with two attached hydrogens (primary N) is 1. The first-order valence-electron chi connectivity index (χ1n) is 7.71. The number of rotatable bonds is 3. The maximum atomic E-state index is 10.9. The zero-order valence-corrected chi connectivity index (χ0v) is 13.1. The van der Waals surface area contributed by atoms with Crippen LogP contribution in [-0.2, 0) is 13.0 Å². The molecule has 2 amide bonds. The first-order valence-corrected chi connectivity index (χ1v) is 7.71. The summed E-state index contributed by atoms with van der Waals surface area (Å²) in [4.78, 5) is 13.2. The molecule has 0 aliphatic carbocycles. The van der Waals surface area contributed by atoms with Crippen LogP contribution in [0.3, 0.4) is 0 Å². The predicted molar refractivity (Wildman–Crippen MR) is 89.3 cm³/mol. The van der Waals surface area contributed by atoms with E-state index in [1.807, 2.05) is 18.2 Å². The van der Waals surface area contributed by atoms with Crippen LogP contribution in [0.25, 0.3) is 0 Å². The topological polar surface area (TPSA) is 69.8 Å². The Balaban J connectivity index is 1.82. The average molecular weight is 311 g/mol. The van der Waals surface area contributed by atoms with E-state index in [-0.39, 0.29) is 6.54 Å². The van der Waals surface area contributed by atoms with Gasteiger partial charge in [-0.1, -0.05) is 42.5 Å². The third kappa shape index (κ3) is 3.14. The molecule has 1 aliphatic rings. The fourth-order valence-corrected chi connectivity index (χ4v) is 3.25. The highest BCUT2D eigenvalue weighted by Crippen LogP contribution is 2.37. The van der Waals surface area contributed by atoms with E-state index in [0.717, 1.165) is 18.4 Å². The lowest BCUT2D eigenvalue weighted by Gasteiger charge is -2.36. The summed E-state index contributed by atoms with van der Waals surface area (Å²) >= 11 is 0. The van der Waals surface area contributed by atoms with Gasteiger partial charge in [-0.05, 0) is 35.6 Å². The molecule has 3 N–H and O–H groups in total. The fraction of sp³-hybridized carbons (Fsp3) is 0.278. The van der Waals surface area contributed by atoms with E-state index in [2.05, 4.69) is 42.3 Å². The van der Waals surface area contributed by atoms with Crippen molar-refractivity contribution in [3.8, 4) is 0 Å². The largest absolute Gasteiger partial charge is 0.367 e. The Morgan fingerprint density at radius 1 is 1.30 bits per heavy atom. The van der Waals surface area contributed by atoms with Gasteiger partial charge < -0.3 is 10.6 Å². The van der Waals surface area contributed by atoms with E-state index in [0.29, 0.717) is 11.1 Å². The standard InChI is InChI=1S/C18H21N3O2/c1-20-16(14-5-3-2-4-6-14)10-8-15-11-13(7-9-17(15)20)12-21(23)18(19)22/h2-7,9,11,16,23H,8,10,12H2,1H3,(H2,19,22). The summed E-state index contributed by atoms with van der Waals surface area (Å²) in [6.07, 6.45) is 2.00. The van der Waals surface area contributed by atoms with Crippen molar-refractivity contribution in [1.29, 1.82) is 0 Å². The van der Waals surface area contributed by atoms with Crippen LogP contribution in [0.5, 0.6) is 0 Å². The second kappa shape index (κ2) is 6.30. The SMILES string of the molecule is CN1c2ccc(CN(O)C(N)=O)cc2CCC1c1ccccc1. The van der Waals surface area contributed by atoms with Crippen molar-refractivity contribution in [1.82, 2.24) is 5.06 Å². The van der Waals surface area contributed by atoms with Crippen LogP contribution in [0.15, 0.2) is 48.5 Å². The number of amides is 2. The zero-order chi connectivity index (χ0) is 16.4. The van der Waals surface area contributed by atoms with E-state index >= 15 is 0 Å². The number of urea groups is 1. The summed E-state index contributed by atoms with van der Waals surface area (Å²) < 4.78 is 0. The molecule has 0 bridgehead atoms. The minimum atomic E-state index is -0.844. The minimum Gasteiger partial charge on any atom is -0.367 e. The molecule has 0 aromatic heterocycles. The lowest BCUT2D eigenvalue weighted by molar-refractivity contribution is -0.0470. The molecule has 1 heterocycles. The number of carbonyl (C=O) groups is 1. The van der Waals surface area contributed by atoms with Gasteiger partial charge >= 0.3 is 6.03 Å². The van der Waals surface area contributed by atoms with Crippen molar-refractivity contribution in [2.75, 3.05) is 11.9 Å². The average Bonchev–Trinajstić information content (AvgIpc) is 2.56. The number of benzene rings is 2. The Morgan fingerprint density at radius 3 is 2.74 bits per heavy atom. The highest BCUT2D eigenvalue weighted by atomic mass is 16.5. The number of anilines is 1. The van der Waals surface area contributed by atoms with Gasteiger partial charge in [-0.25, -0.2) is 9.86 Å². The summed E-state index contributed by atoms with van der Waals surface area (Å²) in [5.74, 6) is 0. The van der Waals surface area contributed by atoms with Crippen LogP contribution in [0.1, 0.15) is 29.2 Å². The summed E-state index contributed by atoms with van der Waals surface area (Å²) in [5.41, 5.74) is 9.67. The molecule has 23 heavy (non-hydrogen) atoms. The Kier molecular flexibility index (Phi) is 4.21. The summed E-state index contributed by atoms with van der Waals surface area (Å²) in [7, 11) is 2.11. The Morgan fingerprint density at radius 2 is 2.04 bits per heavy atom. The van der Waals surface area contributed by atoms with Crippen molar-refractivity contribution in [2.24, 2.45) is 5.73 Å². The number of fused-ring (bicyclic) bond motifs is 1. The van der Waals surface area contributed by atoms with Gasteiger partial charge in [0, 0.05) is 12.7 Å². The van der Waals surface area contributed by atoms with Gasteiger partial charge in [-0.2, -0.15) is 0 Å². The lowest BCUT2D eigenvalue weighted by atomic mass is 9.91. The van der Waals surface area contributed by atoms with Crippen molar-refractivity contribution in [3.05, 3.63) is 65.2 Å². The summed E-state index contributed by atoms with van der Waals surface area (Å²) in [6.45, 7) is 0.106. The molecular formula is C18H21N3O2. The molecule has 3 rings (SSSR count). The molecule has 1 unspecified atom stereocenters. The first kappa shape index (κ1) is 15.4. The third-order valence-electron chi connectivity index (χ3n) is 4.45. The van der Waals surface area contributed by atoms with Crippen LogP contribution < -0.4 is 10.6 Å². The van der Waals surface area contributed by atoms with E-state index in [1.54, 1.807) is 0 Å². The van der Waals surface area contributed by atoms with Gasteiger partial charge in [-0.15, -0.1) is 0 Å². The number of hydrogen-bond donors (Lipinski definition) is 2. The fourth-order valence-electron chi connectivity index (χ4n) is 3.25. The number of carbonyl (C=O) groups excluding carboxylic acids is 1. The second-order valence-electron chi connectivity index (χ2n) is 5.94. The van der Waals surface area contributed by atoms with Gasteiger partial charge in [0.15, 0.2) is 0 Å². The number of nitrogens with zero attached hydrogens (tertiary/aromatic N) is 2. The van der Waals surface area contributed by atoms with E-state index in [9.17, 15) is 10.0 Å². The van der Waals surface area contributed by atoms with Crippen molar-refractivity contribution >= 4 is 11.7 Å². The summed E-state index contributed by atoms with van der Waals surface area (Å²) in [6, 6.07) is 16.0. The first-order chi connectivity index (χ1) is 11.1. The number of hydroxylamine groups is 2. The normalized spacial score (nSPS) is 16.8. The molecule has 1 aliphatic heterocycles. The van der Waals surface area contributed by atoms with Crippen molar-refractivity contribution < 1.29 is 10.0 Å².